The van der Waals surface area contributed by atoms with Gasteiger partial charge in [0.25, 0.3) is 0 Å². The average Bonchev–Trinajstić information content (AvgIpc) is 3.57. The predicted octanol–water partition coefficient (Wildman–Crippen LogP) is 1.50. The van der Waals surface area contributed by atoms with Gasteiger partial charge in [-0.1, -0.05) is 30.3 Å². The monoisotopic (exact) mass is 562 g/mol. The first-order valence-electron chi connectivity index (χ1n) is 12.1. The second-order valence-corrected chi connectivity index (χ2v) is 10.8. The molecule has 0 spiro atoms. The van der Waals surface area contributed by atoms with Crippen LogP contribution in [0.4, 0.5) is 10.6 Å². The van der Waals surface area contributed by atoms with Crippen molar-refractivity contribution in [2.45, 2.75) is 44.2 Å². The summed E-state index contributed by atoms with van der Waals surface area (Å²) in [6.45, 7) is 1.79. The summed E-state index contributed by atoms with van der Waals surface area (Å²) >= 11 is 0. The third-order valence-electron chi connectivity index (χ3n) is 6.13. The van der Waals surface area contributed by atoms with Crippen LogP contribution in [0.2, 0.25) is 0 Å². The van der Waals surface area contributed by atoms with E-state index in [0.29, 0.717) is 24.1 Å². The maximum absolute atomic E-state index is 12.2. The Labute approximate surface area is 222 Å². The number of hydrogen-bond acceptors (Lipinski definition) is 10. The van der Waals surface area contributed by atoms with E-state index in [1.165, 1.54) is 12.7 Å². The number of ether oxygens (including phenoxy) is 3. The van der Waals surface area contributed by atoms with Crippen molar-refractivity contribution in [1.29, 1.82) is 0 Å². The first-order valence-corrected chi connectivity index (χ1v) is 13.9. The van der Waals surface area contributed by atoms with E-state index >= 15 is 0 Å². The SMILES string of the molecule is CCNC(=O)Nc1ncnc2c1ncn2[C@@H]1O[C@H](COP(=O)(O)CC(=O)O)C2OC(Cc3ccccc3)O[C@@H]21. The minimum Gasteiger partial charge on any atom is -0.481 e. The van der Waals surface area contributed by atoms with Gasteiger partial charge in [-0.15, -0.1) is 0 Å². The highest BCUT2D eigenvalue weighted by atomic mass is 31.2. The molecule has 16 heteroatoms. The number of nitrogens with one attached hydrogen (secondary N) is 2. The van der Waals surface area contributed by atoms with Gasteiger partial charge in [-0.2, -0.15) is 0 Å². The normalized spacial score (nSPS) is 25.7. The number of imidazole rings is 1. The fraction of sp³-hybridized carbons (Fsp3) is 0.435. The third kappa shape index (κ3) is 6.08. The van der Waals surface area contributed by atoms with E-state index in [4.69, 9.17) is 23.8 Å². The van der Waals surface area contributed by atoms with Crippen LogP contribution in [0.15, 0.2) is 43.0 Å². The summed E-state index contributed by atoms with van der Waals surface area (Å²) < 4.78 is 37.4. The Balaban J connectivity index is 1.40. The summed E-state index contributed by atoms with van der Waals surface area (Å²) in [5, 5.41) is 14.2. The molecule has 15 nitrogen and oxygen atoms in total. The standard InChI is InChI=1S/C23H27N6O9P/c1-2-24-23(32)28-20-17-21(26-11-25-20)29(12-27-17)22-19-18(14(36-22)9-35-39(33,34)10-15(30)31)37-16(38-19)8-13-6-4-3-5-7-13/h3-7,11-12,14,16,18-19,22H,2,8-10H2,1H3,(H,30,31)(H,33,34)(H2,24,25,26,28,32)/t14-,16?,18?,19+,22-/m1/s1. The summed E-state index contributed by atoms with van der Waals surface area (Å²) in [5.74, 6) is -1.27. The number of carboxylic acid groups (broad SMARTS) is 1. The van der Waals surface area contributed by atoms with Crippen LogP contribution in [0, 0.1) is 0 Å². The molecule has 208 valence electrons. The van der Waals surface area contributed by atoms with Crippen molar-refractivity contribution in [1.82, 2.24) is 24.8 Å². The van der Waals surface area contributed by atoms with Gasteiger partial charge in [-0.05, 0) is 12.5 Å². The summed E-state index contributed by atoms with van der Waals surface area (Å²) in [4.78, 5) is 45.7. The maximum atomic E-state index is 12.2. The summed E-state index contributed by atoms with van der Waals surface area (Å²) in [6.07, 6.45) is -1.61. The molecule has 2 saturated heterocycles. The van der Waals surface area contributed by atoms with Crippen molar-refractivity contribution in [2.24, 2.45) is 0 Å². The number of carbonyl (C=O) groups is 2. The van der Waals surface area contributed by atoms with Crippen LogP contribution in [0.25, 0.3) is 11.2 Å². The van der Waals surface area contributed by atoms with Crippen LogP contribution in [0.1, 0.15) is 18.7 Å². The van der Waals surface area contributed by atoms with E-state index in [-0.39, 0.29) is 5.82 Å². The number of benzene rings is 1. The molecule has 1 aromatic carbocycles. The molecule has 0 radical (unpaired) electrons. The van der Waals surface area contributed by atoms with Crippen LogP contribution in [0.3, 0.4) is 0 Å². The van der Waals surface area contributed by atoms with Crippen molar-refractivity contribution in [3.8, 4) is 0 Å². The van der Waals surface area contributed by atoms with Crippen molar-refractivity contribution in [2.75, 3.05) is 24.6 Å². The number of hydrogen-bond donors (Lipinski definition) is 4. The second-order valence-electron chi connectivity index (χ2n) is 8.90. The van der Waals surface area contributed by atoms with E-state index in [2.05, 4.69) is 25.6 Å². The first-order chi connectivity index (χ1) is 18.7. The topological polar surface area (TPSA) is 196 Å². The maximum Gasteiger partial charge on any atom is 0.339 e. The number of aromatic nitrogens is 4. The molecule has 6 atom stereocenters. The summed E-state index contributed by atoms with van der Waals surface area (Å²) in [6, 6.07) is 9.13. The van der Waals surface area contributed by atoms with E-state index in [0.717, 1.165) is 5.56 Å². The van der Waals surface area contributed by atoms with Gasteiger partial charge in [0.1, 0.15) is 30.8 Å². The molecular weight excluding hydrogens is 535 g/mol. The molecule has 2 amide bonds. The van der Waals surface area contributed by atoms with Gasteiger partial charge < -0.3 is 34.1 Å². The second kappa shape index (κ2) is 11.3. The Morgan fingerprint density at radius 2 is 1.90 bits per heavy atom. The zero-order valence-corrected chi connectivity index (χ0v) is 21.6. The minimum absolute atomic E-state index is 0.194. The smallest absolute Gasteiger partial charge is 0.339 e. The van der Waals surface area contributed by atoms with E-state index in [9.17, 15) is 19.0 Å². The lowest BCUT2D eigenvalue weighted by atomic mass is 10.1. The lowest BCUT2D eigenvalue weighted by Gasteiger charge is -2.22. The quantitative estimate of drug-likeness (QED) is 0.260. The molecular formula is C23H27N6O9P. The number of amides is 2. The highest BCUT2D eigenvalue weighted by molar-refractivity contribution is 7.53. The van der Waals surface area contributed by atoms with Gasteiger partial charge in [-0.3, -0.25) is 19.2 Å². The zero-order valence-electron chi connectivity index (χ0n) is 20.7. The van der Waals surface area contributed by atoms with Crippen LogP contribution >= 0.6 is 7.60 Å². The number of anilines is 1. The molecule has 5 rings (SSSR count). The lowest BCUT2D eigenvalue weighted by molar-refractivity contribution is -0.148. The molecule has 0 saturated carbocycles. The minimum atomic E-state index is -4.41. The molecule has 0 aliphatic carbocycles. The van der Waals surface area contributed by atoms with Crippen LogP contribution in [-0.4, -0.2) is 85.4 Å². The van der Waals surface area contributed by atoms with Gasteiger partial charge in [0, 0.05) is 13.0 Å². The molecule has 4 N–H and O–H groups in total. The van der Waals surface area contributed by atoms with Crippen molar-refractivity contribution in [3.05, 3.63) is 48.5 Å². The Hall–Kier alpha value is -3.46. The predicted molar refractivity (Wildman–Crippen MR) is 134 cm³/mol. The molecule has 3 aromatic rings. The molecule has 3 unspecified atom stereocenters. The third-order valence-corrected chi connectivity index (χ3v) is 7.35. The molecule has 2 aliphatic rings. The van der Waals surface area contributed by atoms with Crippen molar-refractivity contribution in [3.63, 3.8) is 0 Å². The van der Waals surface area contributed by atoms with Gasteiger partial charge >= 0.3 is 19.6 Å². The average molecular weight is 562 g/mol. The Kier molecular flexibility index (Phi) is 7.88. The van der Waals surface area contributed by atoms with Gasteiger partial charge in [-0.25, -0.2) is 19.7 Å². The Morgan fingerprint density at radius 3 is 2.64 bits per heavy atom. The Morgan fingerprint density at radius 1 is 1.13 bits per heavy atom. The van der Waals surface area contributed by atoms with Crippen LogP contribution in [0.5, 0.6) is 0 Å². The lowest BCUT2D eigenvalue weighted by Crippen LogP contribution is -2.32. The van der Waals surface area contributed by atoms with Crippen LogP contribution < -0.4 is 10.6 Å². The van der Waals surface area contributed by atoms with Crippen LogP contribution in [-0.2, 0) is 34.5 Å². The number of nitrogens with zero attached hydrogens (tertiary/aromatic N) is 4. The van der Waals surface area contributed by atoms with E-state index < -0.39 is 63.2 Å². The summed E-state index contributed by atoms with van der Waals surface area (Å²) in [7, 11) is -4.41. The highest BCUT2D eigenvalue weighted by Gasteiger charge is 2.54. The molecule has 39 heavy (non-hydrogen) atoms. The number of aliphatic carboxylic acids is 1. The number of fused-ring (bicyclic) bond motifs is 2. The van der Waals surface area contributed by atoms with Gasteiger partial charge in [0.05, 0.1) is 12.9 Å². The zero-order chi connectivity index (χ0) is 27.6. The first kappa shape index (κ1) is 27.1. The van der Waals surface area contributed by atoms with Gasteiger partial charge in [0.2, 0.25) is 0 Å². The molecule has 2 aromatic heterocycles. The van der Waals surface area contributed by atoms with E-state index in [1.807, 2.05) is 30.3 Å². The number of urea groups is 1. The molecule has 2 aliphatic heterocycles. The fourth-order valence-corrected chi connectivity index (χ4v) is 5.32. The number of rotatable bonds is 10. The molecule has 2 fully saturated rings. The largest absolute Gasteiger partial charge is 0.481 e. The summed E-state index contributed by atoms with van der Waals surface area (Å²) in [5.41, 5.74) is 1.64. The van der Waals surface area contributed by atoms with Crippen molar-refractivity contribution >= 4 is 36.6 Å². The number of carbonyl (C=O) groups excluding carboxylic acids is 1. The highest BCUT2D eigenvalue weighted by Crippen LogP contribution is 2.45. The van der Waals surface area contributed by atoms with Crippen molar-refractivity contribution < 1.29 is 42.9 Å². The fourth-order valence-electron chi connectivity index (χ4n) is 4.51. The molecule has 4 heterocycles. The van der Waals surface area contributed by atoms with Gasteiger partial charge in [0.15, 0.2) is 29.5 Å². The molecule has 0 bridgehead atoms. The Bertz CT molecular complexity index is 1390. The number of carboxylic acids is 1. The van der Waals surface area contributed by atoms with E-state index in [1.54, 1.807) is 11.5 Å².